The molecular weight excluding hydrogens is 210 g/mol. The molecule has 0 aliphatic heterocycles. The third-order valence-corrected chi connectivity index (χ3v) is 2.77. The number of aromatic nitrogens is 1. The topological polar surface area (TPSA) is 57.0 Å². The molecule has 0 spiro atoms. The third kappa shape index (κ3) is 3.03. The largest absolute Gasteiger partial charge is 0.337 e. The van der Waals surface area contributed by atoms with Crippen molar-refractivity contribution in [3.05, 3.63) is 16.1 Å². The van der Waals surface area contributed by atoms with Crippen LogP contribution in [0.5, 0.6) is 0 Å². The standard InChI is InChI=1S/C10H13N3OS/c1-3-13(6-4-5-11)10(14)9-7-15-8(2)12-9/h7H,3-4,6H2,1-2H3. The molecule has 15 heavy (non-hydrogen) atoms. The molecule has 1 aromatic heterocycles. The summed E-state index contributed by atoms with van der Waals surface area (Å²) in [5, 5.41) is 11.1. The van der Waals surface area contributed by atoms with Crippen LogP contribution in [0, 0.1) is 18.3 Å². The van der Waals surface area contributed by atoms with E-state index in [1.807, 2.05) is 19.9 Å². The average Bonchev–Trinajstić information content (AvgIpc) is 2.65. The number of carbonyl (C=O) groups excluding carboxylic acids is 1. The normalized spacial score (nSPS) is 9.67. The van der Waals surface area contributed by atoms with E-state index in [1.165, 1.54) is 11.3 Å². The molecule has 0 fully saturated rings. The van der Waals surface area contributed by atoms with Gasteiger partial charge in [0.1, 0.15) is 5.69 Å². The van der Waals surface area contributed by atoms with Crippen LogP contribution in [0.1, 0.15) is 28.8 Å². The third-order valence-electron chi connectivity index (χ3n) is 2.00. The minimum Gasteiger partial charge on any atom is -0.337 e. The lowest BCUT2D eigenvalue weighted by Gasteiger charge is -2.17. The smallest absolute Gasteiger partial charge is 0.273 e. The maximum absolute atomic E-state index is 11.9. The molecular formula is C10H13N3OS. The van der Waals surface area contributed by atoms with Gasteiger partial charge in [-0.15, -0.1) is 11.3 Å². The predicted molar refractivity (Wildman–Crippen MR) is 58.7 cm³/mol. The fraction of sp³-hybridized carbons (Fsp3) is 0.500. The lowest BCUT2D eigenvalue weighted by Crippen LogP contribution is -2.31. The summed E-state index contributed by atoms with van der Waals surface area (Å²) in [6.45, 7) is 4.85. The highest BCUT2D eigenvalue weighted by Gasteiger charge is 2.15. The first-order chi connectivity index (χ1) is 7.19. The highest BCUT2D eigenvalue weighted by atomic mass is 32.1. The van der Waals surface area contributed by atoms with Gasteiger partial charge in [-0.3, -0.25) is 4.79 Å². The van der Waals surface area contributed by atoms with Gasteiger partial charge in [-0.1, -0.05) is 0 Å². The van der Waals surface area contributed by atoms with Crippen LogP contribution in [0.4, 0.5) is 0 Å². The number of carbonyl (C=O) groups is 1. The SMILES string of the molecule is CCN(CCC#N)C(=O)c1csc(C)n1. The Labute approximate surface area is 93.2 Å². The molecule has 0 bridgehead atoms. The molecule has 0 saturated carbocycles. The molecule has 1 rings (SSSR count). The molecule has 5 heteroatoms. The van der Waals surface area contributed by atoms with Gasteiger partial charge in [0.05, 0.1) is 17.5 Å². The van der Waals surface area contributed by atoms with Gasteiger partial charge in [0.15, 0.2) is 0 Å². The Kier molecular flexibility index (Phi) is 4.25. The Morgan fingerprint density at radius 3 is 2.93 bits per heavy atom. The summed E-state index contributed by atoms with van der Waals surface area (Å²) in [5.74, 6) is -0.0860. The van der Waals surface area contributed by atoms with Crippen molar-refractivity contribution in [2.45, 2.75) is 20.3 Å². The van der Waals surface area contributed by atoms with Gasteiger partial charge in [-0.2, -0.15) is 5.26 Å². The number of rotatable bonds is 4. The van der Waals surface area contributed by atoms with Gasteiger partial charge in [0.2, 0.25) is 0 Å². The number of hydrogen-bond acceptors (Lipinski definition) is 4. The van der Waals surface area contributed by atoms with Crippen molar-refractivity contribution in [1.82, 2.24) is 9.88 Å². The summed E-state index contributed by atoms with van der Waals surface area (Å²) in [5.41, 5.74) is 0.484. The number of hydrogen-bond donors (Lipinski definition) is 0. The predicted octanol–water partition coefficient (Wildman–Crippen LogP) is 1.83. The Morgan fingerprint density at radius 2 is 2.47 bits per heavy atom. The van der Waals surface area contributed by atoms with E-state index in [0.717, 1.165) is 5.01 Å². The van der Waals surface area contributed by atoms with E-state index < -0.39 is 0 Å². The van der Waals surface area contributed by atoms with Crippen LogP contribution in [0.15, 0.2) is 5.38 Å². The Bertz CT molecular complexity index is 380. The molecule has 1 aromatic rings. The van der Waals surface area contributed by atoms with E-state index >= 15 is 0 Å². The monoisotopic (exact) mass is 223 g/mol. The van der Waals surface area contributed by atoms with Gasteiger partial charge in [0.25, 0.3) is 5.91 Å². The van der Waals surface area contributed by atoms with Gasteiger partial charge in [-0.05, 0) is 13.8 Å². The van der Waals surface area contributed by atoms with Gasteiger partial charge in [0, 0.05) is 18.5 Å². The summed E-state index contributed by atoms with van der Waals surface area (Å²) in [6, 6.07) is 2.03. The van der Waals surface area contributed by atoms with E-state index in [-0.39, 0.29) is 5.91 Å². The lowest BCUT2D eigenvalue weighted by atomic mass is 10.3. The summed E-state index contributed by atoms with van der Waals surface area (Å²) < 4.78 is 0. The zero-order chi connectivity index (χ0) is 11.3. The number of thiazole rings is 1. The summed E-state index contributed by atoms with van der Waals surface area (Å²) >= 11 is 1.46. The second-order valence-electron chi connectivity index (χ2n) is 3.04. The number of nitriles is 1. The van der Waals surface area contributed by atoms with Crippen LogP contribution in [0.25, 0.3) is 0 Å². The minimum absolute atomic E-state index is 0.0860. The molecule has 0 atom stereocenters. The molecule has 0 aliphatic rings. The van der Waals surface area contributed by atoms with E-state index in [4.69, 9.17) is 5.26 Å². The van der Waals surface area contributed by atoms with Crippen LogP contribution < -0.4 is 0 Å². The van der Waals surface area contributed by atoms with Crippen molar-refractivity contribution >= 4 is 17.2 Å². The zero-order valence-corrected chi connectivity index (χ0v) is 9.67. The Hall–Kier alpha value is -1.41. The van der Waals surface area contributed by atoms with Crippen molar-refractivity contribution < 1.29 is 4.79 Å². The van der Waals surface area contributed by atoms with Crippen LogP contribution >= 0.6 is 11.3 Å². The van der Waals surface area contributed by atoms with Crippen LogP contribution in [-0.4, -0.2) is 28.9 Å². The molecule has 1 heterocycles. The summed E-state index contributed by atoms with van der Waals surface area (Å²) in [7, 11) is 0. The number of amides is 1. The maximum atomic E-state index is 11.9. The highest BCUT2D eigenvalue weighted by Crippen LogP contribution is 2.10. The van der Waals surface area contributed by atoms with E-state index in [9.17, 15) is 4.79 Å². The second kappa shape index (κ2) is 5.47. The Morgan fingerprint density at radius 1 is 1.73 bits per heavy atom. The molecule has 0 aromatic carbocycles. The molecule has 80 valence electrons. The fourth-order valence-corrected chi connectivity index (χ4v) is 1.80. The van der Waals surface area contributed by atoms with Gasteiger partial charge < -0.3 is 4.90 Å². The Balaban J connectivity index is 2.69. The van der Waals surface area contributed by atoms with Crippen molar-refractivity contribution in [2.75, 3.05) is 13.1 Å². The van der Waals surface area contributed by atoms with Gasteiger partial charge in [-0.25, -0.2) is 4.98 Å². The first-order valence-electron chi connectivity index (χ1n) is 4.77. The molecule has 0 N–H and O–H groups in total. The second-order valence-corrected chi connectivity index (χ2v) is 4.11. The quantitative estimate of drug-likeness (QED) is 0.782. The molecule has 0 radical (unpaired) electrons. The highest BCUT2D eigenvalue weighted by molar-refractivity contribution is 7.09. The van der Waals surface area contributed by atoms with Crippen molar-refractivity contribution in [3.8, 4) is 6.07 Å². The van der Waals surface area contributed by atoms with Crippen LogP contribution in [-0.2, 0) is 0 Å². The molecule has 1 amide bonds. The maximum Gasteiger partial charge on any atom is 0.273 e. The van der Waals surface area contributed by atoms with E-state index in [1.54, 1.807) is 10.3 Å². The minimum atomic E-state index is -0.0860. The van der Waals surface area contributed by atoms with Gasteiger partial charge >= 0.3 is 0 Å². The fourth-order valence-electron chi connectivity index (χ4n) is 1.21. The van der Waals surface area contributed by atoms with Crippen LogP contribution in [0.3, 0.4) is 0 Å². The molecule has 4 nitrogen and oxygen atoms in total. The molecule has 0 aliphatic carbocycles. The number of nitrogens with zero attached hydrogens (tertiary/aromatic N) is 3. The summed E-state index contributed by atoms with van der Waals surface area (Å²) in [4.78, 5) is 17.6. The van der Waals surface area contributed by atoms with Crippen molar-refractivity contribution in [1.29, 1.82) is 5.26 Å². The van der Waals surface area contributed by atoms with Crippen molar-refractivity contribution in [3.63, 3.8) is 0 Å². The number of aryl methyl sites for hydroxylation is 1. The van der Waals surface area contributed by atoms with E-state index in [0.29, 0.717) is 25.2 Å². The lowest BCUT2D eigenvalue weighted by molar-refractivity contribution is 0.0762. The van der Waals surface area contributed by atoms with Crippen LogP contribution in [0.2, 0.25) is 0 Å². The summed E-state index contributed by atoms with van der Waals surface area (Å²) in [6.07, 6.45) is 0.364. The van der Waals surface area contributed by atoms with E-state index in [2.05, 4.69) is 4.98 Å². The average molecular weight is 223 g/mol. The molecule has 0 unspecified atom stereocenters. The first kappa shape index (κ1) is 11.7. The zero-order valence-electron chi connectivity index (χ0n) is 8.86. The first-order valence-corrected chi connectivity index (χ1v) is 5.65. The molecule has 0 saturated heterocycles. The van der Waals surface area contributed by atoms with Crippen molar-refractivity contribution in [2.24, 2.45) is 0 Å².